The molecule has 0 spiro atoms. The molecule has 0 N–H and O–H groups in total. The maximum Gasteiger partial charge on any atom is 0.146 e. The van der Waals surface area contributed by atoms with Gasteiger partial charge in [-0.3, -0.25) is 4.57 Å². The summed E-state index contributed by atoms with van der Waals surface area (Å²) in [5, 5.41) is 4.92. The highest BCUT2D eigenvalue weighted by Gasteiger charge is 2.15. The predicted molar refractivity (Wildman–Crippen MR) is 135 cm³/mol. The number of nitrogens with zero attached hydrogens (tertiary/aromatic N) is 3. The van der Waals surface area contributed by atoms with Crippen molar-refractivity contribution in [1.29, 1.82) is 0 Å². The molecule has 0 unspecified atom stereocenters. The summed E-state index contributed by atoms with van der Waals surface area (Å²) in [5.41, 5.74) is 4.19. The van der Waals surface area contributed by atoms with Crippen molar-refractivity contribution in [2.45, 2.75) is 0 Å². The second-order valence-corrected chi connectivity index (χ2v) is 8.94. The minimum atomic E-state index is 0.880. The molecule has 32 heavy (non-hydrogen) atoms. The average molecular weight is 428 g/mol. The van der Waals surface area contributed by atoms with Crippen LogP contribution in [0.25, 0.3) is 59.2 Å². The summed E-state index contributed by atoms with van der Waals surface area (Å²) in [4.78, 5) is 9.84. The fourth-order valence-corrected chi connectivity index (χ4v) is 5.90. The van der Waals surface area contributed by atoms with Gasteiger partial charge in [-0.25, -0.2) is 9.97 Å². The maximum atomic E-state index is 5.14. The molecule has 7 aromatic rings. The highest BCUT2D eigenvalue weighted by molar-refractivity contribution is 7.26. The largest absolute Gasteiger partial charge is 0.278 e. The van der Waals surface area contributed by atoms with Crippen LogP contribution in [0, 0.1) is 0 Å². The Hall–Kier alpha value is -4.02. The van der Waals surface area contributed by atoms with Gasteiger partial charge in [-0.1, -0.05) is 60.7 Å². The molecule has 7 rings (SSSR count). The molecule has 0 aliphatic rings. The Morgan fingerprint density at radius 3 is 2.38 bits per heavy atom. The summed E-state index contributed by atoms with van der Waals surface area (Å²) >= 11 is 1.83. The molecule has 3 aromatic carbocycles. The Kier molecular flexibility index (Phi) is 3.72. The van der Waals surface area contributed by atoms with E-state index in [1.165, 1.54) is 31.1 Å². The van der Waals surface area contributed by atoms with Gasteiger partial charge in [0.2, 0.25) is 0 Å². The summed E-state index contributed by atoms with van der Waals surface area (Å²) in [5.74, 6) is 0.880. The summed E-state index contributed by atoms with van der Waals surface area (Å²) in [6.07, 6.45) is 1.85. The number of aromatic nitrogens is 3. The summed E-state index contributed by atoms with van der Waals surface area (Å²) < 4.78 is 4.75. The van der Waals surface area contributed by atoms with Gasteiger partial charge < -0.3 is 0 Å². The standard InChI is InChI=1S/C28H17N3S/c1-3-14-24-18(8-1)21-12-7-17-29-28(21)31(24)26-16-6-13-23(30-26)22-11-5-10-20-19-9-2-4-15-25(19)32-27(20)22/h1-17H. The van der Waals surface area contributed by atoms with Crippen molar-refractivity contribution in [3.05, 3.63) is 103 Å². The molecule has 0 radical (unpaired) electrons. The highest BCUT2D eigenvalue weighted by atomic mass is 32.1. The van der Waals surface area contributed by atoms with Crippen LogP contribution in [0.15, 0.2) is 103 Å². The van der Waals surface area contributed by atoms with E-state index in [0.717, 1.165) is 28.1 Å². The summed E-state index contributed by atoms with van der Waals surface area (Å²) in [6, 6.07) is 33.9. The number of pyridine rings is 2. The molecule has 0 aliphatic heterocycles. The quantitative estimate of drug-likeness (QED) is 0.284. The second kappa shape index (κ2) is 6.74. The Balaban J connectivity index is 1.50. The van der Waals surface area contributed by atoms with Crippen molar-refractivity contribution >= 4 is 53.4 Å². The van der Waals surface area contributed by atoms with E-state index in [4.69, 9.17) is 9.97 Å². The number of para-hydroxylation sites is 1. The first-order chi connectivity index (χ1) is 15.9. The third-order valence-electron chi connectivity index (χ3n) is 6.08. The molecule has 0 atom stereocenters. The van der Waals surface area contributed by atoms with Gasteiger partial charge in [-0.2, -0.15) is 0 Å². The first kappa shape index (κ1) is 17.6. The molecule has 150 valence electrons. The first-order valence-electron chi connectivity index (χ1n) is 10.6. The Bertz CT molecular complexity index is 1740. The van der Waals surface area contributed by atoms with Gasteiger partial charge in [0, 0.05) is 42.7 Å². The van der Waals surface area contributed by atoms with Gasteiger partial charge in [0.15, 0.2) is 0 Å². The number of thiophene rings is 1. The number of rotatable bonds is 2. The third kappa shape index (κ3) is 2.47. The van der Waals surface area contributed by atoms with E-state index in [1.54, 1.807) is 0 Å². The van der Waals surface area contributed by atoms with Crippen LogP contribution in [-0.4, -0.2) is 14.5 Å². The van der Waals surface area contributed by atoms with E-state index >= 15 is 0 Å². The first-order valence-corrected chi connectivity index (χ1v) is 11.4. The second-order valence-electron chi connectivity index (χ2n) is 7.89. The van der Waals surface area contributed by atoms with Crippen molar-refractivity contribution < 1.29 is 0 Å². The molecule has 0 amide bonds. The van der Waals surface area contributed by atoms with Crippen molar-refractivity contribution in [1.82, 2.24) is 14.5 Å². The average Bonchev–Trinajstić information content (AvgIpc) is 3.40. The summed E-state index contributed by atoms with van der Waals surface area (Å²) in [7, 11) is 0. The van der Waals surface area contributed by atoms with Gasteiger partial charge in [0.25, 0.3) is 0 Å². The zero-order chi connectivity index (χ0) is 21.1. The van der Waals surface area contributed by atoms with Gasteiger partial charge in [0.05, 0.1) is 11.2 Å². The van der Waals surface area contributed by atoms with Gasteiger partial charge in [-0.15, -0.1) is 11.3 Å². The van der Waals surface area contributed by atoms with E-state index in [9.17, 15) is 0 Å². The number of hydrogen-bond donors (Lipinski definition) is 0. The van der Waals surface area contributed by atoms with Gasteiger partial charge in [-0.05, 0) is 36.4 Å². The van der Waals surface area contributed by atoms with Crippen molar-refractivity contribution in [2.24, 2.45) is 0 Å². The van der Waals surface area contributed by atoms with Crippen LogP contribution in [0.1, 0.15) is 0 Å². The van der Waals surface area contributed by atoms with Gasteiger partial charge in [0.1, 0.15) is 11.5 Å². The molecule has 0 saturated carbocycles. The molecule has 0 fully saturated rings. The lowest BCUT2D eigenvalue weighted by Gasteiger charge is -2.09. The summed E-state index contributed by atoms with van der Waals surface area (Å²) in [6.45, 7) is 0. The third-order valence-corrected chi connectivity index (χ3v) is 7.30. The molecule has 0 bridgehead atoms. The Labute approximate surface area is 188 Å². The number of hydrogen-bond acceptors (Lipinski definition) is 3. The lowest BCUT2D eigenvalue weighted by atomic mass is 10.1. The normalized spacial score (nSPS) is 11.8. The van der Waals surface area contributed by atoms with Crippen LogP contribution in [0.3, 0.4) is 0 Å². The fourth-order valence-electron chi connectivity index (χ4n) is 4.67. The van der Waals surface area contributed by atoms with E-state index in [1.807, 2.05) is 23.6 Å². The van der Waals surface area contributed by atoms with Crippen LogP contribution >= 0.6 is 11.3 Å². The monoisotopic (exact) mass is 427 g/mol. The van der Waals surface area contributed by atoms with Crippen molar-refractivity contribution in [2.75, 3.05) is 0 Å². The van der Waals surface area contributed by atoms with E-state index in [-0.39, 0.29) is 0 Å². The van der Waals surface area contributed by atoms with Gasteiger partial charge >= 0.3 is 0 Å². The number of benzene rings is 3. The lowest BCUT2D eigenvalue weighted by Crippen LogP contribution is -1.99. The smallest absolute Gasteiger partial charge is 0.146 e. The molecular weight excluding hydrogens is 410 g/mol. The molecular formula is C28H17N3S. The van der Waals surface area contributed by atoms with Crippen LogP contribution in [-0.2, 0) is 0 Å². The van der Waals surface area contributed by atoms with Crippen LogP contribution < -0.4 is 0 Å². The fraction of sp³-hybridized carbons (Fsp3) is 0. The lowest BCUT2D eigenvalue weighted by molar-refractivity contribution is 1.06. The van der Waals surface area contributed by atoms with E-state index in [0.29, 0.717) is 0 Å². The van der Waals surface area contributed by atoms with E-state index < -0.39 is 0 Å². The van der Waals surface area contributed by atoms with Crippen LogP contribution in [0.2, 0.25) is 0 Å². The minimum absolute atomic E-state index is 0.880. The SMILES string of the molecule is c1cc(-c2cccc3c2sc2ccccc23)nc(-n2c3ccccc3c3cccnc32)c1. The minimum Gasteiger partial charge on any atom is -0.278 e. The van der Waals surface area contributed by atoms with E-state index in [2.05, 4.69) is 95.6 Å². The van der Waals surface area contributed by atoms with Crippen molar-refractivity contribution in [3.63, 3.8) is 0 Å². The Morgan fingerprint density at radius 1 is 0.625 bits per heavy atom. The molecule has 4 heterocycles. The molecule has 0 saturated heterocycles. The molecule has 0 aliphatic carbocycles. The number of fused-ring (bicyclic) bond motifs is 6. The Morgan fingerprint density at radius 2 is 1.41 bits per heavy atom. The zero-order valence-corrected chi connectivity index (χ0v) is 17.9. The molecule has 4 aromatic heterocycles. The van der Waals surface area contributed by atoms with Crippen LogP contribution in [0.5, 0.6) is 0 Å². The van der Waals surface area contributed by atoms with Crippen LogP contribution in [0.4, 0.5) is 0 Å². The maximum absolute atomic E-state index is 5.14. The predicted octanol–water partition coefficient (Wildman–Crippen LogP) is 7.61. The van der Waals surface area contributed by atoms with Crippen molar-refractivity contribution in [3.8, 4) is 17.1 Å². The zero-order valence-electron chi connectivity index (χ0n) is 17.1. The highest BCUT2D eigenvalue weighted by Crippen LogP contribution is 2.39. The molecule has 4 heteroatoms. The topological polar surface area (TPSA) is 30.7 Å². The molecule has 3 nitrogen and oxygen atoms in total.